The molecule has 64 valence electrons. The molecule has 3 nitrogen and oxygen atoms in total. The van der Waals surface area contributed by atoms with Crippen molar-refractivity contribution in [3.8, 4) is 0 Å². The summed E-state index contributed by atoms with van der Waals surface area (Å²) in [5, 5.41) is 8.20. The Morgan fingerprint density at radius 1 is 1.50 bits per heavy atom. The second-order valence-corrected chi connectivity index (χ2v) is 1.54. The van der Waals surface area contributed by atoms with Crippen LogP contribution in [0, 0.1) is 0 Å². The first-order chi connectivity index (χ1) is 4.16. The van der Waals surface area contributed by atoms with Gasteiger partial charge in [-0.05, 0) is 0 Å². The molecule has 0 aromatic carbocycles. The molecule has 0 aliphatic rings. The molecule has 0 saturated carbocycles. The molecule has 10 heavy (non-hydrogen) atoms. The first-order valence-corrected chi connectivity index (χ1v) is 2.43. The highest BCUT2D eigenvalue weighted by Crippen LogP contribution is 1.94. The fourth-order valence-corrected chi connectivity index (χ4v) is 0.249. The van der Waals surface area contributed by atoms with Crippen LogP contribution in [-0.2, 0) is 4.74 Å². The van der Waals surface area contributed by atoms with E-state index in [1.165, 1.54) is 0 Å². The van der Waals surface area contributed by atoms with Gasteiger partial charge in [-0.25, -0.2) is 0 Å². The van der Waals surface area contributed by atoms with E-state index in [4.69, 9.17) is 10.8 Å². The monoisotopic (exact) mass is 177 g/mol. The van der Waals surface area contributed by atoms with E-state index in [9.17, 15) is 8.78 Å². The number of aliphatic hydroxyl groups excluding tert-OH is 1. The molecule has 0 bridgehead atoms. The summed E-state index contributed by atoms with van der Waals surface area (Å²) in [7, 11) is 0. The molecule has 0 saturated heterocycles. The summed E-state index contributed by atoms with van der Waals surface area (Å²) in [4.78, 5) is 0. The van der Waals surface area contributed by atoms with Crippen LogP contribution in [0.3, 0.4) is 0 Å². The third-order valence-corrected chi connectivity index (χ3v) is 0.671. The molecule has 0 rings (SSSR count). The maximum absolute atomic E-state index is 11.2. The van der Waals surface area contributed by atoms with Crippen LogP contribution in [0.25, 0.3) is 0 Å². The number of alkyl halides is 2. The number of nitrogens with two attached hydrogens (primary N) is 1. The van der Waals surface area contributed by atoms with Gasteiger partial charge in [0.2, 0.25) is 0 Å². The summed E-state index contributed by atoms with van der Waals surface area (Å²) in [5.41, 5.74) is 5.01. The fraction of sp³-hybridized carbons (Fsp3) is 1.00. The van der Waals surface area contributed by atoms with Gasteiger partial charge in [0, 0.05) is 0 Å². The minimum Gasteiger partial charge on any atom is -0.395 e. The summed E-state index contributed by atoms with van der Waals surface area (Å²) in [6, 6.07) is -0.709. The zero-order valence-electron chi connectivity index (χ0n) is 5.17. The second-order valence-electron chi connectivity index (χ2n) is 1.54. The average Bonchev–Trinajstić information content (AvgIpc) is 1.83. The van der Waals surface area contributed by atoms with Crippen LogP contribution in [-0.4, -0.2) is 31.0 Å². The Morgan fingerprint density at radius 3 is 2.30 bits per heavy atom. The molecular weight excluding hydrogens is 167 g/mol. The van der Waals surface area contributed by atoms with Crippen molar-refractivity contribution in [1.29, 1.82) is 0 Å². The number of hydrogen-bond acceptors (Lipinski definition) is 3. The highest BCUT2D eigenvalue weighted by molar-refractivity contribution is 5.85. The largest absolute Gasteiger partial charge is 0.395 e. The lowest BCUT2D eigenvalue weighted by Gasteiger charge is -2.06. The summed E-state index contributed by atoms with van der Waals surface area (Å²) in [5.74, 6) is 0. The summed E-state index contributed by atoms with van der Waals surface area (Å²) in [6.45, 7) is -3.46. The van der Waals surface area contributed by atoms with Crippen molar-refractivity contribution in [3.63, 3.8) is 0 Å². The number of aliphatic hydroxyl groups is 1. The molecule has 0 radical (unpaired) electrons. The van der Waals surface area contributed by atoms with E-state index in [-0.39, 0.29) is 25.6 Å². The van der Waals surface area contributed by atoms with Crippen molar-refractivity contribution in [1.82, 2.24) is 0 Å². The van der Waals surface area contributed by atoms with Crippen molar-refractivity contribution >= 4 is 12.4 Å². The zero-order valence-corrected chi connectivity index (χ0v) is 5.98. The molecule has 0 aromatic rings. The maximum atomic E-state index is 11.2. The molecule has 1 unspecified atom stereocenters. The van der Waals surface area contributed by atoms with Crippen LogP contribution in [0.2, 0.25) is 0 Å². The van der Waals surface area contributed by atoms with E-state index in [2.05, 4.69) is 4.74 Å². The van der Waals surface area contributed by atoms with Crippen LogP contribution in [0.15, 0.2) is 0 Å². The second kappa shape index (κ2) is 7.14. The zero-order chi connectivity index (χ0) is 7.28. The third kappa shape index (κ3) is 8.03. The Bertz CT molecular complexity index is 76.3. The third-order valence-electron chi connectivity index (χ3n) is 0.671. The molecule has 3 N–H and O–H groups in total. The maximum Gasteiger partial charge on any atom is 0.345 e. The van der Waals surface area contributed by atoms with E-state index in [0.29, 0.717) is 0 Å². The minimum absolute atomic E-state index is 0. The lowest BCUT2D eigenvalue weighted by Crippen LogP contribution is -2.30. The van der Waals surface area contributed by atoms with E-state index >= 15 is 0 Å². The quantitative estimate of drug-likeness (QED) is 0.634. The van der Waals surface area contributed by atoms with E-state index in [0.717, 1.165) is 0 Å². The number of halogens is 3. The molecule has 0 aliphatic carbocycles. The van der Waals surface area contributed by atoms with Gasteiger partial charge in [0.25, 0.3) is 0 Å². The molecule has 0 heterocycles. The Labute approximate surface area is 63.6 Å². The highest BCUT2D eigenvalue weighted by Gasteiger charge is 2.05. The molecule has 0 fully saturated rings. The van der Waals surface area contributed by atoms with E-state index in [1.807, 2.05) is 0 Å². The van der Waals surface area contributed by atoms with Gasteiger partial charge in [0.15, 0.2) is 0 Å². The minimum atomic E-state index is -2.80. The van der Waals surface area contributed by atoms with Gasteiger partial charge < -0.3 is 15.6 Å². The van der Waals surface area contributed by atoms with Gasteiger partial charge in [-0.1, -0.05) is 0 Å². The fourth-order valence-electron chi connectivity index (χ4n) is 0.249. The standard InChI is InChI=1S/C4H9F2NO2.ClH/c5-4(6)9-2-3(7)1-8;/h3-4,8H,1-2,7H2;1H. The first-order valence-electron chi connectivity index (χ1n) is 2.43. The normalized spacial score (nSPS) is 12.9. The molecule has 0 aliphatic heterocycles. The van der Waals surface area contributed by atoms with Crippen molar-refractivity contribution in [3.05, 3.63) is 0 Å². The topological polar surface area (TPSA) is 55.5 Å². The Morgan fingerprint density at radius 2 is 2.00 bits per heavy atom. The molecule has 6 heteroatoms. The SMILES string of the molecule is Cl.NC(CO)COC(F)F. The molecule has 0 aromatic heterocycles. The van der Waals surface area contributed by atoms with Crippen LogP contribution in [0.5, 0.6) is 0 Å². The van der Waals surface area contributed by atoms with E-state index < -0.39 is 12.7 Å². The van der Waals surface area contributed by atoms with E-state index in [1.54, 1.807) is 0 Å². The van der Waals surface area contributed by atoms with Gasteiger partial charge in [-0.3, -0.25) is 0 Å². The highest BCUT2D eigenvalue weighted by atomic mass is 35.5. The summed E-state index contributed by atoms with van der Waals surface area (Å²) in [6.07, 6.45) is 0. The molecule has 1 atom stereocenters. The number of rotatable bonds is 4. The van der Waals surface area contributed by atoms with Crippen molar-refractivity contribution in [2.45, 2.75) is 12.7 Å². The lowest BCUT2D eigenvalue weighted by atomic mass is 10.4. The smallest absolute Gasteiger partial charge is 0.345 e. The summed E-state index contributed by atoms with van der Waals surface area (Å²) < 4.78 is 26.1. The van der Waals surface area contributed by atoms with Gasteiger partial charge in [0.1, 0.15) is 0 Å². The van der Waals surface area contributed by atoms with Crippen molar-refractivity contribution < 1.29 is 18.6 Å². The predicted molar refractivity (Wildman–Crippen MR) is 34.3 cm³/mol. The predicted octanol–water partition coefficient (Wildman–Crippen LogP) is -0.0330. The Balaban J connectivity index is 0. The van der Waals surface area contributed by atoms with Crippen LogP contribution < -0.4 is 5.73 Å². The Kier molecular flexibility index (Phi) is 9.06. The molecular formula is C4H10ClF2NO2. The van der Waals surface area contributed by atoms with Gasteiger partial charge in [0.05, 0.1) is 19.3 Å². The van der Waals surface area contributed by atoms with Crippen LogP contribution in [0.1, 0.15) is 0 Å². The van der Waals surface area contributed by atoms with Crippen LogP contribution >= 0.6 is 12.4 Å². The van der Waals surface area contributed by atoms with Crippen molar-refractivity contribution in [2.75, 3.05) is 13.2 Å². The van der Waals surface area contributed by atoms with Gasteiger partial charge >= 0.3 is 6.61 Å². The number of ether oxygens (including phenoxy) is 1. The van der Waals surface area contributed by atoms with Gasteiger partial charge in [-0.2, -0.15) is 8.78 Å². The van der Waals surface area contributed by atoms with Crippen LogP contribution in [0.4, 0.5) is 8.78 Å². The van der Waals surface area contributed by atoms with Gasteiger partial charge in [-0.15, -0.1) is 12.4 Å². The molecule has 0 amide bonds. The Hall–Kier alpha value is 0.0300. The summed E-state index contributed by atoms with van der Waals surface area (Å²) >= 11 is 0. The number of hydrogen-bond donors (Lipinski definition) is 2. The molecule has 0 spiro atoms. The average molecular weight is 178 g/mol. The van der Waals surface area contributed by atoms with Crippen molar-refractivity contribution in [2.24, 2.45) is 5.73 Å². The first kappa shape index (κ1) is 12.7. The lowest BCUT2D eigenvalue weighted by molar-refractivity contribution is -0.133.